The van der Waals surface area contributed by atoms with Crippen molar-refractivity contribution >= 4 is 15.9 Å². The average Bonchev–Trinajstić information content (AvgIpc) is 2.22. The van der Waals surface area contributed by atoms with E-state index in [9.17, 15) is 0 Å². The summed E-state index contributed by atoms with van der Waals surface area (Å²) in [5.41, 5.74) is 1.16. The summed E-state index contributed by atoms with van der Waals surface area (Å²) < 4.78 is 6.71. The first-order valence-corrected chi connectivity index (χ1v) is 5.74. The van der Waals surface area contributed by atoms with E-state index in [0.717, 1.165) is 22.3 Å². The van der Waals surface area contributed by atoms with Gasteiger partial charge in [-0.25, -0.2) is 0 Å². The van der Waals surface area contributed by atoms with Gasteiger partial charge in [-0.3, -0.25) is 0 Å². The lowest BCUT2D eigenvalue weighted by Crippen LogP contribution is -2.07. The molecule has 0 fully saturated rings. The monoisotopic (exact) mass is 269 g/mol. The summed E-state index contributed by atoms with van der Waals surface area (Å²) in [5.74, 6) is 0.936. The van der Waals surface area contributed by atoms with Gasteiger partial charge in [0.15, 0.2) is 0 Å². The molecule has 0 bridgehead atoms. The predicted octanol–water partition coefficient (Wildman–Crippen LogP) is 3.12. The van der Waals surface area contributed by atoms with Crippen molar-refractivity contribution in [1.29, 1.82) is 0 Å². The van der Waals surface area contributed by atoms with Crippen molar-refractivity contribution in [3.63, 3.8) is 0 Å². The molecule has 0 radical (unpaired) electrons. The molecule has 0 saturated heterocycles. The molecule has 1 aromatic carbocycles. The topological polar surface area (TPSA) is 21.3 Å². The van der Waals surface area contributed by atoms with Crippen molar-refractivity contribution in [2.45, 2.75) is 13.5 Å². The van der Waals surface area contributed by atoms with Gasteiger partial charge in [0.05, 0.1) is 0 Å². The van der Waals surface area contributed by atoms with Gasteiger partial charge in [0.25, 0.3) is 0 Å². The molecule has 82 valence electrons. The number of halogens is 1. The molecule has 0 aromatic heterocycles. The van der Waals surface area contributed by atoms with E-state index in [0.29, 0.717) is 6.61 Å². The molecule has 0 saturated carbocycles. The number of rotatable bonds is 5. The van der Waals surface area contributed by atoms with Gasteiger partial charge in [-0.15, -0.1) is 0 Å². The van der Waals surface area contributed by atoms with Gasteiger partial charge < -0.3 is 10.1 Å². The molecule has 0 heterocycles. The highest BCUT2D eigenvalue weighted by molar-refractivity contribution is 9.10. The van der Waals surface area contributed by atoms with E-state index >= 15 is 0 Å². The van der Waals surface area contributed by atoms with Gasteiger partial charge in [-0.2, -0.15) is 0 Å². The standard InChI is InChI=1S/C12H16BrNO/c1-3-4-7-15-12-6-5-11(13)8-10(12)9-14-2/h3-6,8,14H,7,9H2,1-2H3/b4-3+. The largest absolute Gasteiger partial charge is 0.489 e. The first-order valence-electron chi connectivity index (χ1n) is 4.95. The Morgan fingerprint density at radius 1 is 1.47 bits per heavy atom. The Bertz CT molecular complexity index is 336. The van der Waals surface area contributed by atoms with Crippen LogP contribution in [0.4, 0.5) is 0 Å². The third-order valence-corrected chi connectivity index (χ3v) is 2.45. The van der Waals surface area contributed by atoms with Crippen LogP contribution in [-0.4, -0.2) is 13.7 Å². The molecular weight excluding hydrogens is 254 g/mol. The molecule has 0 aliphatic rings. The molecule has 0 aliphatic heterocycles. The lowest BCUT2D eigenvalue weighted by Gasteiger charge is -2.10. The van der Waals surface area contributed by atoms with Crippen LogP contribution >= 0.6 is 15.9 Å². The summed E-state index contributed by atoms with van der Waals surface area (Å²) >= 11 is 3.45. The van der Waals surface area contributed by atoms with Gasteiger partial charge in [-0.05, 0) is 32.2 Å². The number of allylic oxidation sites excluding steroid dienone is 1. The zero-order valence-corrected chi connectivity index (χ0v) is 10.7. The van der Waals surface area contributed by atoms with Crippen molar-refractivity contribution in [1.82, 2.24) is 5.32 Å². The zero-order valence-electron chi connectivity index (χ0n) is 9.09. The van der Waals surface area contributed by atoms with Crippen LogP contribution < -0.4 is 10.1 Å². The SMILES string of the molecule is C/C=C/COc1ccc(Br)cc1CNC. The van der Waals surface area contributed by atoms with Crippen LogP contribution in [0.25, 0.3) is 0 Å². The van der Waals surface area contributed by atoms with Crippen LogP contribution in [0, 0.1) is 0 Å². The molecule has 15 heavy (non-hydrogen) atoms. The van der Waals surface area contributed by atoms with Gasteiger partial charge in [-0.1, -0.05) is 28.1 Å². The van der Waals surface area contributed by atoms with Gasteiger partial charge >= 0.3 is 0 Å². The Hall–Kier alpha value is -0.800. The number of ether oxygens (including phenoxy) is 1. The summed E-state index contributed by atoms with van der Waals surface area (Å²) in [5, 5.41) is 3.12. The molecule has 0 unspecified atom stereocenters. The van der Waals surface area contributed by atoms with E-state index in [1.165, 1.54) is 0 Å². The molecule has 1 rings (SSSR count). The van der Waals surface area contributed by atoms with E-state index in [1.807, 2.05) is 38.3 Å². The van der Waals surface area contributed by atoms with Crippen LogP contribution in [0.15, 0.2) is 34.8 Å². The maximum Gasteiger partial charge on any atom is 0.124 e. The van der Waals surface area contributed by atoms with E-state index in [-0.39, 0.29) is 0 Å². The third-order valence-electron chi connectivity index (χ3n) is 1.96. The fourth-order valence-electron chi connectivity index (χ4n) is 1.25. The number of benzene rings is 1. The molecule has 0 atom stereocenters. The molecule has 0 spiro atoms. The summed E-state index contributed by atoms with van der Waals surface area (Å²) in [4.78, 5) is 0. The second-order valence-corrected chi connectivity index (χ2v) is 4.08. The van der Waals surface area contributed by atoms with Crippen molar-refractivity contribution < 1.29 is 4.74 Å². The van der Waals surface area contributed by atoms with E-state index in [4.69, 9.17) is 4.74 Å². The highest BCUT2D eigenvalue weighted by atomic mass is 79.9. The normalized spacial score (nSPS) is 10.9. The van der Waals surface area contributed by atoms with Crippen LogP contribution in [0.5, 0.6) is 5.75 Å². The fraction of sp³-hybridized carbons (Fsp3) is 0.333. The van der Waals surface area contributed by atoms with Crippen molar-refractivity contribution in [2.75, 3.05) is 13.7 Å². The van der Waals surface area contributed by atoms with E-state index in [2.05, 4.69) is 27.3 Å². The minimum absolute atomic E-state index is 0.620. The minimum Gasteiger partial charge on any atom is -0.489 e. The molecule has 0 aliphatic carbocycles. The summed E-state index contributed by atoms with van der Waals surface area (Å²) in [6.45, 7) is 3.42. The van der Waals surface area contributed by atoms with Crippen molar-refractivity contribution in [2.24, 2.45) is 0 Å². The maximum absolute atomic E-state index is 5.64. The maximum atomic E-state index is 5.64. The molecule has 1 aromatic rings. The van der Waals surface area contributed by atoms with Gasteiger partial charge in [0, 0.05) is 16.6 Å². The number of nitrogens with one attached hydrogen (secondary N) is 1. The highest BCUT2D eigenvalue weighted by Gasteiger charge is 2.02. The second kappa shape index (κ2) is 6.64. The highest BCUT2D eigenvalue weighted by Crippen LogP contribution is 2.23. The third kappa shape index (κ3) is 4.06. The Morgan fingerprint density at radius 2 is 2.27 bits per heavy atom. The van der Waals surface area contributed by atoms with Crippen LogP contribution in [0.1, 0.15) is 12.5 Å². The fourth-order valence-corrected chi connectivity index (χ4v) is 1.66. The Morgan fingerprint density at radius 3 is 2.93 bits per heavy atom. The smallest absolute Gasteiger partial charge is 0.124 e. The first-order chi connectivity index (χ1) is 7.27. The molecule has 1 N–H and O–H groups in total. The number of hydrogen-bond acceptors (Lipinski definition) is 2. The lowest BCUT2D eigenvalue weighted by atomic mass is 10.2. The van der Waals surface area contributed by atoms with E-state index < -0.39 is 0 Å². The molecule has 2 nitrogen and oxygen atoms in total. The predicted molar refractivity (Wildman–Crippen MR) is 67.2 cm³/mol. The van der Waals surface area contributed by atoms with Crippen LogP contribution in [-0.2, 0) is 6.54 Å². The Kier molecular flexibility index (Phi) is 5.43. The first kappa shape index (κ1) is 12.3. The van der Waals surface area contributed by atoms with E-state index in [1.54, 1.807) is 0 Å². The van der Waals surface area contributed by atoms with Crippen LogP contribution in [0.3, 0.4) is 0 Å². The molecule has 3 heteroatoms. The summed E-state index contributed by atoms with van der Waals surface area (Å²) in [6.07, 6.45) is 3.97. The molecular formula is C12H16BrNO. The quantitative estimate of drug-likeness (QED) is 0.830. The zero-order chi connectivity index (χ0) is 11.1. The summed E-state index contributed by atoms with van der Waals surface area (Å²) in [7, 11) is 1.93. The lowest BCUT2D eigenvalue weighted by molar-refractivity contribution is 0.358. The Balaban J connectivity index is 2.75. The minimum atomic E-state index is 0.620. The molecule has 0 amide bonds. The van der Waals surface area contributed by atoms with Crippen molar-refractivity contribution in [3.8, 4) is 5.75 Å². The number of hydrogen-bond donors (Lipinski definition) is 1. The van der Waals surface area contributed by atoms with Gasteiger partial charge in [0.2, 0.25) is 0 Å². The van der Waals surface area contributed by atoms with Crippen molar-refractivity contribution in [3.05, 3.63) is 40.4 Å². The second-order valence-electron chi connectivity index (χ2n) is 3.16. The van der Waals surface area contributed by atoms with Gasteiger partial charge in [0.1, 0.15) is 12.4 Å². The Labute approximate surface area is 99.5 Å². The average molecular weight is 270 g/mol. The van der Waals surface area contributed by atoms with Crippen LogP contribution in [0.2, 0.25) is 0 Å². The summed E-state index contributed by atoms with van der Waals surface area (Å²) in [6, 6.07) is 6.05.